The number of nitro groups is 1. The van der Waals surface area contributed by atoms with Crippen LogP contribution in [-0.2, 0) is 0 Å². The molecule has 0 atom stereocenters. The van der Waals surface area contributed by atoms with Crippen LogP contribution in [0.4, 0.5) is 11.4 Å². The highest BCUT2D eigenvalue weighted by Crippen LogP contribution is 2.12. The van der Waals surface area contributed by atoms with Crippen LogP contribution in [-0.4, -0.2) is 4.92 Å². The number of nitrogen functional groups attached to an aromatic ring is 1. The zero-order valence-electron chi connectivity index (χ0n) is 11.1. The summed E-state index contributed by atoms with van der Waals surface area (Å²) in [5, 5.41) is 10.5. The molecule has 21 heavy (non-hydrogen) atoms. The van der Waals surface area contributed by atoms with E-state index in [1.165, 1.54) is 12.1 Å². The summed E-state index contributed by atoms with van der Waals surface area (Å²) >= 11 is 0. The van der Waals surface area contributed by atoms with Crippen LogP contribution in [0.1, 0.15) is 11.1 Å². The van der Waals surface area contributed by atoms with Gasteiger partial charge in [-0.2, -0.15) is 0 Å². The molecule has 102 valence electrons. The molecule has 0 aliphatic rings. The van der Waals surface area contributed by atoms with Gasteiger partial charge in [0, 0.05) is 17.8 Å². The molecule has 0 aromatic heterocycles. The lowest BCUT2D eigenvalue weighted by Gasteiger charge is -1.91. The Morgan fingerprint density at radius 2 is 1.38 bits per heavy atom. The third-order valence-electron chi connectivity index (χ3n) is 2.66. The molecule has 0 spiro atoms. The molecule has 0 aliphatic carbocycles. The Bertz CT molecular complexity index is 771. The van der Waals surface area contributed by atoms with E-state index in [4.69, 9.17) is 5.73 Å². The lowest BCUT2D eigenvalue weighted by molar-refractivity contribution is -0.384. The summed E-state index contributed by atoms with van der Waals surface area (Å²) in [7, 11) is 0. The molecule has 0 radical (unpaired) electrons. The number of hydrogen-bond acceptors (Lipinski definition) is 3. The summed E-state index contributed by atoms with van der Waals surface area (Å²) in [6.45, 7) is 0. The van der Waals surface area contributed by atoms with Gasteiger partial charge in [0.25, 0.3) is 5.69 Å². The number of hydrogen-bond donors (Lipinski definition) is 1. The molecule has 0 saturated carbocycles. The van der Waals surface area contributed by atoms with Gasteiger partial charge in [0.2, 0.25) is 0 Å². The van der Waals surface area contributed by atoms with Gasteiger partial charge in [-0.15, -0.1) is 0 Å². The fourth-order valence-electron chi connectivity index (χ4n) is 1.57. The number of benzene rings is 2. The van der Waals surface area contributed by atoms with Crippen LogP contribution in [0, 0.1) is 10.1 Å². The number of nitrogens with two attached hydrogens (primary N) is 1. The summed E-state index contributed by atoms with van der Waals surface area (Å²) in [6.07, 6.45) is 3.43. The predicted octanol–water partition coefficient (Wildman–Crippen LogP) is 3.81. The highest BCUT2D eigenvalue weighted by atomic mass is 16.6. The maximum absolute atomic E-state index is 10.5. The Morgan fingerprint density at radius 1 is 0.905 bits per heavy atom. The monoisotopic (exact) mass is 276 g/mol. The van der Waals surface area contributed by atoms with Gasteiger partial charge in [-0.3, -0.25) is 10.1 Å². The average molecular weight is 276 g/mol. The van der Waals surface area contributed by atoms with Gasteiger partial charge in [-0.1, -0.05) is 23.6 Å². The summed E-state index contributed by atoms with van der Waals surface area (Å²) in [5.41, 5.74) is 16.6. The number of anilines is 1. The third-order valence-corrected chi connectivity index (χ3v) is 2.66. The van der Waals surface area contributed by atoms with Gasteiger partial charge in [0.1, 0.15) is 0 Å². The molecule has 0 heterocycles. The second-order valence-electron chi connectivity index (χ2n) is 4.22. The molecular weight excluding hydrogens is 264 g/mol. The Balaban J connectivity index is 2.13. The lowest BCUT2D eigenvalue weighted by atomic mass is 10.2. The van der Waals surface area contributed by atoms with E-state index in [9.17, 15) is 10.1 Å². The molecule has 0 aliphatic heterocycles. The van der Waals surface area contributed by atoms with Crippen molar-refractivity contribution in [2.24, 2.45) is 0 Å². The molecule has 0 unspecified atom stereocenters. The van der Waals surface area contributed by atoms with Gasteiger partial charge in [0.15, 0.2) is 0 Å². The molecule has 4 nitrogen and oxygen atoms in total. The Morgan fingerprint density at radius 3 is 1.86 bits per heavy atom. The maximum atomic E-state index is 10.5. The van der Waals surface area contributed by atoms with Crippen molar-refractivity contribution in [3.05, 3.63) is 87.0 Å². The van der Waals surface area contributed by atoms with E-state index in [1.807, 2.05) is 24.3 Å². The minimum atomic E-state index is -0.432. The van der Waals surface area contributed by atoms with E-state index in [1.54, 1.807) is 24.3 Å². The van der Waals surface area contributed by atoms with Crippen LogP contribution >= 0.6 is 0 Å². The number of non-ortho nitro benzene ring substituents is 1. The molecule has 4 heteroatoms. The minimum absolute atomic E-state index is 0.0647. The van der Waals surface area contributed by atoms with Crippen LogP contribution in [0.5, 0.6) is 0 Å². The highest BCUT2D eigenvalue weighted by Gasteiger charge is 2.01. The van der Waals surface area contributed by atoms with Gasteiger partial charge in [-0.25, -0.2) is 0 Å². The molecule has 0 amide bonds. The van der Waals surface area contributed by atoms with Gasteiger partial charge >= 0.3 is 0 Å². The first-order chi connectivity index (χ1) is 10.1. The lowest BCUT2D eigenvalue weighted by Crippen LogP contribution is -1.86. The van der Waals surface area contributed by atoms with E-state index in [0.717, 1.165) is 11.1 Å². The largest absolute Gasteiger partial charge is 0.399 e. The van der Waals surface area contributed by atoms with Crippen molar-refractivity contribution in [1.82, 2.24) is 0 Å². The second-order valence-corrected chi connectivity index (χ2v) is 4.22. The van der Waals surface area contributed by atoms with Crippen LogP contribution in [0.3, 0.4) is 0 Å². The molecule has 0 bridgehead atoms. The molecule has 0 saturated heterocycles. The van der Waals surface area contributed by atoms with Crippen LogP contribution in [0.2, 0.25) is 0 Å². The Labute approximate surface area is 122 Å². The Kier molecular flexibility index (Phi) is 4.55. The Hall–Kier alpha value is -3.28. The fraction of sp³-hybridized carbons (Fsp3) is 0. The first kappa shape index (κ1) is 14.1. The fourth-order valence-corrected chi connectivity index (χ4v) is 1.57. The topological polar surface area (TPSA) is 69.2 Å². The second kappa shape index (κ2) is 6.76. The first-order valence-corrected chi connectivity index (χ1v) is 6.17. The molecule has 2 aromatic carbocycles. The van der Waals surface area contributed by atoms with Crippen molar-refractivity contribution in [2.75, 3.05) is 5.73 Å². The van der Waals surface area contributed by atoms with Crippen molar-refractivity contribution >= 4 is 23.5 Å². The average Bonchev–Trinajstić information content (AvgIpc) is 2.49. The standard InChI is InChI=1S/C17H12N2O2/c18-16-10-6-14(7-11-16)4-2-1-3-5-15-8-12-17(13-9-15)19(20)21/h4-13H,18H2. The highest BCUT2D eigenvalue weighted by molar-refractivity contribution is 5.54. The van der Waals surface area contributed by atoms with Crippen LogP contribution in [0.25, 0.3) is 12.2 Å². The quantitative estimate of drug-likeness (QED) is 0.401. The third kappa shape index (κ3) is 4.39. The first-order valence-electron chi connectivity index (χ1n) is 6.17. The molecule has 2 N–H and O–H groups in total. The van der Waals surface area contributed by atoms with Gasteiger partial charge < -0.3 is 5.73 Å². The van der Waals surface area contributed by atoms with Gasteiger partial charge in [-0.05, 0) is 53.3 Å². The molecule has 2 rings (SSSR count). The zero-order chi connectivity index (χ0) is 15.1. The normalized spacial score (nSPS) is 8.95. The van der Waals surface area contributed by atoms with Crippen LogP contribution < -0.4 is 5.73 Å². The van der Waals surface area contributed by atoms with Crippen molar-refractivity contribution in [3.63, 3.8) is 0 Å². The summed E-state index contributed by atoms with van der Waals surface area (Å²) in [5.74, 6) is 0. The van der Waals surface area contributed by atoms with Crippen molar-refractivity contribution in [3.8, 4) is 0 Å². The summed E-state index contributed by atoms with van der Waals surface area (Å²) in [4.78, 5) is 10.1. The van der Waals surface area contributed by atoms with Crippen molar-refractivity contribution in [1.29, 1.82) is 0 Å². The predicted molar refractivity (Wildman–Crippen MR) is 83.4 cm³/mol. The van der Waals surface area contributed by atoms with E-state index in [2.05, 4.69) is 17.2 Å². The smallest absolute Gasteiger partial charge is 0.269 e. The number of rotatable bonds is 3. The number of nitrogens with zero attached hydrogens (tertiary/aromatic N) is 1. The molecule has 0 fully saturated rings. The molecule has 2 aromatic rings. The van der Waals surface area contributed by atoms with Crippen LogP contribution in [0.15, 0.2) is 65.7 Å². The number of nitro benzene ring substituents is 1. The SMILES string of the molecule is Nc1ccc(C=C=C=C=Cc2ccc([N+](=O)[O-])cc2)cc1. The molecular formula is C17H12N2O2. The minimum Gasteiger partial charge on any atom is -0.399 e. The van der Waals surface area contributed by atoms with Crippen molar-refractivity contribution < 1.29 is 4.92 Å². The van der Waals surface area contributed by atoms with E-state index in [-0.39, 0.29) is 5.69 Å². The van der Waals surface area contributed by atoms with E-state index >= 15 is 0 Å². The van der Waals surface area contributed by atoms with E-state index < -0.39 is 4.92 Å². The summed E-state index contributed by atoms with van der Waals surface area (Å²) < 4.78 is 0. The summed E-state index contributed by atoms with van der Waals surface area (Å²) in [6, 6.07) is 13.6. The zero-order valence-corrected chi connectivity index (χ0v) is 11.1. The van der Waals surface area contributed by atoms with Crippen molar-refractivity contribution in [2.45, 2.75) is 0 Å². The van der Waals surface area contributed by atoms with E-state index in [0.29, 0.717) is 5.69 Å². The maximum Gasteiger partial charge on any atom is 0.269 e. The van der Waals surface area contributed by atoms with Gasteiger partial charge in [0.05, 0.1) is 4.92 Å².